The second-order valence-electron chi connectivity index (χ2n) is 5.08. The van der Waals surface area contributed by atoms with Crippen LogP contribution in [0.3, 0.4) is 0 Å². The van der Waals surface area contributed by atoms with Crippen molar-refractivity contribution in [2.75, 3.05) is 11.6 Å². The van der Waals surface area contributed by atoms with Gasteiger partial charge in [-0.05, 0) is 48.6 Å². The van der Waals surface area contributed by atoms with Gasteiger partial charge in [-0.15, -0.1) is 11.3 Å². The van der Waals surface area contributed by atoms with Crippen molar-refractivity contribution in [2.24, 2.45) is 0 Å². The number of sulfone groups is 1. The van der Waals surface area contributed by atoms with Gasteiger partial charge in [0.25, 0.3) is 0 Å². The second kappa shape index (κ2) is 6.50. The predicted molar refractivity (Wildman–Crippen MR) is 89.2 cm³/mol. The highest BCUT2D eigenvalue weighted by Crippen LogP contribution is 2.20. The third-order valence-corrected chi connectivity index (χ3v) is 5.40. The summed E-state index contributed by atoms with van der Waals surface area (Å²) in [7, 11) is -3.30. The molecule has 0 spiro atoms. The van der Waals surface area contributed by atoms with E-state index in [1.54, 1.807) is 17.4 Å². The Balaban J connectivity index is 2.07. The van der Waals surface area contributed by atoms with E-state index >= 15 is 0 Å². The Kier molecular flexibility index (Phi) is 4.87. The lowest BCUT2D eigenvalue weighted by Gasteiger charge is -2.11. The molecule has 1 heterocycles. The summed E-state index contributed by atoms with van der Waals surface area (Å²) >= 11 is 1.58. The van der Waals surface area contributed by atoms with Gasteiger partial charge in [0, 0.05) is 16.8 Å². The molecule has 1 aromatic carbocycles. The summed E-state index contributed by atoms with van der Waals surface area (Å²) in [5.41, 5.74) is 2.43. The molecule has 0 aliphatic heterocycles. The van der Waals surface area contributed by atoms with Crippen molar-refractivity contribution in [2.45, 2.75) is 25.3 Å². The number of nitrogens with one attached hydrogen (secondary N) is 2. The number of benzene rings is 1. The molecular weight excluding hydrogens is 320 g/mol. The number of carbonyl (C=O) groups is 1. The second-order valence-corrected chi connectivity index (χ2v) is 8.10. The number of hydrogen-bond donors (Lipinski definition) is 2. The summed E-state index contributed by atoms with van der Waals surface area (Å²) in [5.74, 6) is 0. The molecule has 0 aliphatic carbocycles. The van der Waals surface area contributed by atoms with Crippen molar-refractivity contribution in [3.63, 3.8) is 0 Å². The molecule has 22 heavy (non-hydrogen) atoms. The molecule has 0 radical (unpaired) electrons. The molecule has 2 amide bonds. The van der Waals surface area contributed by atoms with Gasteiger partial charge in [0.2, 0.25) is 0 Å². The molecule has 0 unspecified atom stereocenters. The van der Waals surface area contributed by atoms with Gasteiger partial charge in [0.05, 0.1) is 11.4 Å². The van der Waals surface area contributed by atoms with Gasteiger partial charge in [-0.2, -0.15) is 0 Å². The molecule has 0 fully saturated rings. The van der Waals surface area contributed by atoms with Gasteiger partial charge < -0.3 is 10.6 Å². The Morgan fingerprint density at radius 2 is 1.91 bits per heavy atom. The Morgan fingerprint density at radius 3 is 2.50 bits per heavy atom. The third-order valence-electron chi connectivity index (χ3n) is 3.26. The number of rotatable bonds is 4. The maximum absolute atomic E-state index is 12.0. The zero-order valence-electron chi connectivity index (χ0n) is 12.6. The van der Waals surface area contributed by atoms with E-state index < -0.39 is 9.84 Å². The van der Waals surface area contributed by atoms with Crippen LogP contribution in [0.15, 0.2) is 34.5 Å². The summed E-state index contributed by atoms with van der Waals surface area (Å²) in [5, 5.41) is 7.44. The Bertz CT molecular complexity index is 795. The van der Waals surface area contributed by atoms with E-state index in [9.17, 15) is 13.2 Å². The lowest BCUT2D eigenvalue weighted by molar-refractivity contribution is 0.252. The number of carbonyl (C=O) groups excluding carboxylic acids is 1. The minimum atomic E-state index is -3.30. The third kappa shape index (κ3) is 4.08. The molecule has 2 N–H and O–H groups in total. The molecule has 0 saturated carbocycles. The summed E-state index contributed by atoms with van der Waals surface area (Å²) in [4.78, 5) is 13.2. The zero-order chi connectivity index (χ0) is 16.3. The number of hydrogen-bond acceptors (Lipinski definition) is 4. The minimum absolute atomic E-state index is 0.183. The van der Waals surface area contributed by atoms with E-state index in [4.69, 9.17) is 0 Å². The fourth-order valence-corrected chi connectivity index (χ4v) is 3.37. The Morgan fingerprint density at radius 1 is 1.18 bits per heavy atom. The fourth-order valence-electron chi connectivity index (χ4n) is 1.88. The van der Waals surface area contributed by atoms with Crippen molar-refractivity contribution in [3.8, 4) is 0 Å². The smallest absolute Gasteiger partial charge is 0.319 e. The molecule has 0 atom stereocenters. The molecule has 0 saturated heterocycles. The van der Waals surface area contributed by atoms with Crippen molar-refractivity contribution < 1.29 is 13.2 Å². The van der Waals surface area contributed by atoms with Gasteiger partial charge >= 0.3 is 6.03 Å². The molecule has 1 aromatic heterocycles. The van der Waals surface area contributed by atoms with E-state index in [1.807, 2.05) is 25.3 Å². The van der Waals surface area contributed by atoms with Gasteiger partial charge in [0.1, 0.15) is 0 Å². The van der Waals surface area contributed by atoms with Gasteiger partial charge in [-0.3, -0.25) is 0 Å². The monoisotopic (exact) mass is 338 g/mol. The fraction of sp³-hybridized carbons (Fsp3) is 0.267. The highest BCUT2D eigenvalue weighted by Gasteiger charge is 2.11. The number of amides is 2. The molecule has 2 rings (SSSR count). The van der Waals surface area contributed by atoms with E-state index in [1.165, 1.54) is 12.1 Å². The van der Waals surface area contributed by atoms with E-state index in [-0.39, 0.29) is 10.9 Å². The lowest BCUT2D eigenvalue weighted by atomic mass is 10.2. The number of thiophene rings is 1. The van der Waals surface area contributed by atoms with Gasteiger partial charge in [-0.25, -0.2) is 13.2 Å². The van der Waals surface area contributed by atoms with E-state index in [0.29, 0.717) is 12.2 Å². The first-order valence-corrected chi connectivity index (χ1v) is 9.43. The number of aryl methyl sites for hydroxylation is 2. The predicted octanol–water partition coefficient (Wildman–Crippen LogP) is 3.09. The quantitative estimate of drug-likeness (QED) is 0.899. The van der Waals surface area contributed by atoms with Crippen LogP contribution >= 0.6 is 11.3 Å². The van der Waals surface area contributed by atoms with Crippen LogP contribution in [-0.4, -0.2) is 20.7 Å². The van der Waals surface area contributed by atoms with Crippen LogP contribution in [0.4, 0.5) is 10.5 Å². The standard InChI is InChI=1S/C15H18N2O3S2/c1-10-4-5-12(22(3,19)20)8-13(10)17-15(18)16-9-14-11(2)6-7-21-14/h4-8H,9H2,1-3H3,(H2,16,17,18). The molecule has 7 heteroatoms. The molecule has 118 valence electrons. The summed E-state index contributed by atoms with van der Waals surface area (Å²) in [6, 6.07) is 6.32. The lowest BCUT2D eigenvalue weighted by Crippen LogP contribution is -2.28. The molecule has 5 nitrogen and oxygen atoms in total. The summed E-state index contributed by atoms with van der Waals surface area (Å²) in [6.45, 7) is 4.25. The Hall–Kier alpha value is -1.86. The number of anilines is 1. The Labute approximate surface area is 134 Å². The van der Waals surface area contributed by atoms with Crippen LogP contribution in [0.2, 0.25) is 0 Å². The SMILES string of the molecule is Cc1ccc(S(C)(=O)=O)cc1NC(=O)NCc1sccc1C. The first-order valence-electron chi connectivity index (χ1n) is 6.66. The van der Waals surface area contributed by atoms with Crippen LogP contribution in [-0.2, 0) is 16.4 Å². The average molecular weight is 338 g/mol. The minimum Gasteiger partial charge on any atom is -0.333 e. The van der Waals surface area contributed by atoms with Crippen LogP contribution in [0.25, 0.3) is 0 Å². The van der Waals surface area contributed by atoms with E-state index in [2.05, 4.69) is 10.6 Å². The van der Waals surface area contributed by atoms with Crippen molar-refractivity contribution in [1.82, 2.24) is 5.32 Å². The van der Waals surface area contributed by atoms with E-state index in [0.717, 1.165) is 22.3 Å². The molecule has 2 aromatic rings. The van der Waals surface area contributed by atoms with Gasteiger partial charge in [0.15, 0.2) is 9.84 Å². The van der Waals surface area contributed by atoms with Crippen LogP contribution in [0.5, 0.6) is 0 Å². The average Bonchev–Trinajstić information content (AvgIpc) is 2.83. The van der Waals surface area contributed by atoms with Gasteiger partial charge in [-0.1, -0.05) is 6.07 Å². The maximum atomic E-state index is 12.0. The largest absolute Gasteiger partial charge is 0.333 e. The first-order chi connectivity index (χ1) is 10.3. The summed E-state index contributed by atoms with van der Waals surface area (Å²) < 4.78 is 23.1. The first kappa shape index (κ1) is 16.5. The number of urea groups is 1. The molecule has 0 bridgehead atoms. The molecular formula is C15H18N2O3S2. The normalized spacial score (nSPS) is 11.2. The summed E-state index contributed by atoms with van der Waals surface area (Å²) in [6.07, 6.45) is 1.14. The van der Waals surface area contributed by atoms with Crippen molar-refractivity contribution in [1.29, 1.82) is 0 Å². The van der Waals surface area contributed by atoms with Crippen LogP contribution in [0, 0.1) is 13.8 Å². The van der Waals surface area contributed by atoms with Crippen molar-refractivity contribution in [3.05, 3.63) is 45.6 Å². The topological polar surface area (TPSA) is 75.3 Å². The van der Waals surface area contributed by atoms with Crippen LogP contribution in [0.1, 0.15) is 16.0 Å². The van der Waals surface area contributed by atoms with Crippen LogP contribution < -0.4 is 10.6 Å². The highest BCUT2D eigenvalue weighted by atomic mass is 32.2. The van der Waals surface area contributed by atoms with Crippen molar-refractivity contribution >= 4 is 32.9 Å². The maximum Gasteiger partial charge on any atom is 0.319 e. The zero-order valence-corrected chi connectivity index (χ0v) is 14.3. The molecule has 0 aliphatic rings. The highest BCUT2D eigenvalue weighted by molar-refractivity contribution is 7.90.